The highest BCUT2D eigenvalue weighted by atomic mass is 16.4. The van der Waals surface area contributed by atoms with Crippen LogP contribution in [0.15, 0.2) is 0 Å². The van der Waals surface area contributed by atoms with Crippen LogP contribution in [0.25, 0.3) is 0 Å². The summed E-state index contributed by atoms with van der Waals surface area (Å²) in [5.41, 5.74) is -1.12. The topological polar surface area (TPSA) is 69.6 Å². The minimum atomic E-state index is -0.778. The number of carbonyl (C=O) groups is 1. The van der Waals surface area contributed by atoms with Gasteiger partial charge in [-0.2, -0.15) is 0 Å². The predicted molar refractivity (Wildman–Crippen MR) is 64.9 cm³/mol. The minimum absolute atomic E-state index is 0.0576. The lowest BCUT2D eigenvalue weighted by molar-refractivity contribution is -0.146. The van der Waals surface area contributed by atoms with E-state index in [-0.39, 0.29) is 12.1 Å². The highest BCUT2D eigenvalue weighted by molar-refractivity contribution is 5.79. The van der Waals surface area contributed by atoms with Gasteiger partial charge in [-0.15, -0.1) is 0 Å². The van der Waals surface area contributed by atoms with Crippen molar-refractivity contribution in [1.29, 1.82) is 0 Å². The predicted octanol–water partition coefficient (Wildman–Crippen LogP) is 1.67. The molecule has 3 N–H and O–H groups in total. The van der Waals surface area contributed by atoms with Crippen LogP contribution in [-0.4, -0.2) is 33.9 Å². The van der Waals surface area contributed by atoms with E-state index in [1.807, 2.05) is 0 Å². The van der Waals surface area contributed by atoms with Gasteiger partial charge in [0.1, 0.15) is 5.54 Å². The Bertz CT molecular complexity index is 278. The van der Waals surface area contributed by atoms with E-state index in [0.29, 0.717) is 12.8 Å². The average molecular weight is 241 g/mol. The zero-order valence-electron chi connectivity index (χ0n) is 10.4. The number of rotatable bonds is 4. The van der Waals surface area contributed by atoms with Crippen LogP contribution in [0.3, 0.4) is 0 Å². The second-order valence-corrected chi connectivity index (χ2v) is 5.72. The van der Waals surface area contributed by atoms with Crippen LogP contribution in [0, 0.1) is 0 Å². The van der Waals surface area contributed by atoms with Crippen molar-refractivity contribution >= 4 is 5.97 Å². The first-order chi connectivity index (χ1) is 8.13. The highest BCUT2D eigenvalue weighted by Gasteiger charge is 2.47. The maximum absolute atomic E-state index is 11.5. The molecule has 98 valence electrons. The van der Waals surface area contributed by atoms with Gasteiger partial charge in [0.2, 0.25) is 0 Å². The number of aliphatic hydroxyl groups is 1. The van der Waals surface area contributed by atoms with Crippen LogP contribution < -0.4 is 5.32 Å². The molecular formula is C13H23NO3. The van der Waals surface area contributed by atoms with Crippen molar-refractivity contribution in [3.63, 3.8) is 0 Å². The summed E-state index contributed by atoms with van der Waals surface area (Å²) >= 11 is 0. The van der Waals surface area contributed by atoms with Crippen LogP contribution in [0.5, 0.6) is 0 Å². The lowest BCUT2D eigenvalue weighted by atomic mass is 9.79. The van der Waals surface area contributed by atoms with Crippen LogP contribution in [0.4, 0.5) is 0 Å². The number of aliphatic hydroxyl groups excluding tert-OH is 1. The van der Waals surface area contributed by atoms with E-state index in [0.717, 1.165) is 38.5 Å². The standard InChI is InChI=1S/C13H23NO3/c15-10-12(6-2-1-3-7-12)14-13(11(16)17)8-4-5-9-13/h14-15H,1-10H2,(H,16,17). The van der Waals surface area contributed by atoms with Crippen molar-refractivity contribution in [3.8, 4) is 0 Å². The summed E-state index contributed by atoms with van der Waals surface area (Å²) in [5.74, 6) is -0.742. The van der Waals surface area contributed by atoms with E-state index in [4.69, 9.17) is 0 Å². The highest BCUT2D eigenvalue weighted by Crippen LogP contribution is 2.36. The lowest BCUT2D eigenvalue weighted by Gasteiger charge is -2.43. The van der Waals surface area contributed by atoms with E-state index in [9.17, 15) is 15.0 Å². The van der Waals surface area contributed by atoms with E-state index in [1.165, 1.54) is 6.42 Å². The molecule has 0 bridgehead atoms. The van der Waals surface area contributed by atoms with Crippen LogP contribution in [0.1, 0.15) is 57.8 Å². The molecule has 2 aliphatic carbocycles. The molecule has 0 aromatic carbocycles. The molecule has 2 rings (SSSR count). The largest absolute Gasteiger partial charge is 0.480 e. The summed E-state index contributed by atoms with van der Waals surface area (Å²) in [6.07, 6.45) is 8.52. The van der Waals surface area contributed by atoms with Gasteiger partial charge >= 0.3 is 5.97 Å². The Morgan fingerprint density at radius 3 is 2.00 bits per heavy atom. The molecule has 2 fully saturated rings. The van der Waals surface area contributed by atoms with Gasteiger partial charge < -0.3 is 10.2 Å². The molecule has 0 aromatic rings. The van der Waals surface area contributed by atoms with E-state index in [2.05, 4.69) is 5.32 Å². The fourth-order valence-electron chi connectivity index (χ4n) is 3.43. The molecule has 17 heavy (non-hydrogen) atoms. The number of carboxylic acids is 1. The SMILES string of the molecule is O=C(O)C1(NC2(CO)CCCCC2)CCCC1. The Balaban J connectivity index is 2.12. The molecule has 4 nitrogen and oxygen atoms in total. The van der Waals surface area contributed by atoms with Gasteiger partial charge in [0.25, 0.3) is 0 Å². The fraction of sp³-hybridized carbons (Fsp3) is 0.923. The maximum Gasteiger partial charge on any atom is 0.323 e. The molecule has 4 heteroatoms. The maximum atomic E-state index is 11.5. The van der Waals surface area contributed by atoms with E-state index < -0.39 is 11.5 Å². The average Bonchev–Trinajstić information content (AvgIpc) is 2.80. The molecular weight excluding hydrogens is 218 g/mol. The van der Waals surface area contributed by atoms with Crippen molar-refractivity contribution in [1.82, 2.24) is 5.32 Å². The summed E-state index contributed by atoms with van der Waals surface area (Å²) in [5, 5.41) is 22.4. The molecule has 0 heterocycles. The summed E-state index contributed by atoms with van der Waals surface area (Å²) < 4.78 is 0. The number of nitrogens with one attached hydrogen (secondary N) is 1. The van der Waals surface area contributed by atoms with Crippen LogP contribution in [0.2, 0.25) is 0 Å². The zero-order valence-corrected chi connectivity index (χ0v) is 10.4. The number of hydrogen-bond donors (Lipinski definition) is 3. The molecule has 0 radical (unpaired) electrons. The summed E-state index contributed by atoms with van der Waals surface area (Å²) in [7, 11) is 0. The van der Waals surface area contributed by atoms with Gasteiger partial charge in [0.15, 0.2) is 0 Å². The Hall–Kier alpha value is -0.610. The summed E-state index contributed by atoms with van der Waals surface area (Å²) in [6, 6.07) is 0. The van der Waals surface area contributed by atoms with Crippen molar-refractivity contribution in [2.24, 2.45) is 0 Å². The Labute approximate surface area is 102 Å². The fourth-order valence-corrected chi connectivity index (χ4v) is 3.43. The first-order valence-electron chi connectivity index (χ1n) is 6.76. The normalized spacial score (nSPS) is 26.9. The van der Waals surface area contributed by atoms with Gasteiger partial charge in [-0.25, -0.2) is 0 Å². The molecule has 2 aliphatic rings. The summed E-state index contributed by atoms with van der Waals surface area (Å²) in [4.78, 5) is 11.5. The van der Waals surface area contributed by atoms with Gasteiger partial charge in [0, 0.05) is 5.54 Å². The molecule has 0 amide bonds. The first kappa shape index (κ1) is 12.8. The molecule has 0 aliphatic heterocycles. The molecule has 0 aromatic heterocycles. The lowest BCUT2D eigenvalue weighted by Crippen LogP contribution is -2.63. The Kier molecular flexibility index (Phi) is 3.73. The molecule has 0 saturated heterocycles. The Morgan fingerprint density at radius 1 is 1.00 bits per heavy atom. The van der Waals surface area contributed by atoms with Crippen LogP contribution in [-0.2, 0) is 4.79 Å². The van der Waals surface area contributed by atoms with Crippen molar-refractivity contribution in [2.45, 2.75) is 68.9 Å². The van der Waals surface area contributed by atoms with Gasteiger partial charge in [-0.1, -0.05) is 32.1 Å². The van der Waals surface area contributed by atoms with Gasteiger partial charge in [-0.05, 0) is 25.7 Å². The number of hydrogen-bond acceptors (Lipinski definition) is 3. The second kappa shape index (κ2) is 4.94. The van der Waals surface area contributed by atoms with Crippen molar-refractivity contribution in [3.05, 3.63) is 0 Å². The second-order valence-electron chi connectivity index (χ2n) is 5.72. The number of carboxylic acid groups (broad SMARTS) is 1. The molecule has 2 saturated carbocycles. The van der Waals surface area contributed by atoms with E-state index >= 15 is 0 Å². The third-order valence-corrected chi connectivity index (χ3v) is 4.48. The monoisotopic (exact) mass is 241 g/mol. The summed E-state index contributed by atoms with van der Waals surface area (Å²) in [6.45, 7) is 0.0576. The van der Waals surface area contributed by atoms with Crippen LogP contribution >= 0.6 is 0 Å². The molecule has 0 spiro atoms. The number of aliphatic carboxylic acids is 1. The van der Waals surface area contributed by atoms with Crippen molar-refractivity contribution < 1.29 is 15.0 Å². The third kappa shape index (κ3) is 2.47. The van der Waals surface area contributed by atoms with Crippen molar-refractivity contribution in [2.75, 3.05) is 6.61 Å². The quantitative estimate of drug-likeness (QED) is 0.700. The van der Waals surface area contributed by atoms with E-state index in [1.54, 1.807) is 0 Å². The molecule has 0 unspecified atom stereocenters. The minimum Gasteiger partial charge on any atom is -0.480 e. The smallest absolute Gasteiger partial charge is 0.323 e. The first-order valence-corrected chi connectivity index (χ1v) is 6.76. The Morgan fingerprint density at radius 2 is 1.53 bits per heavy atom. The van der Waals surface area contributed by atoms with Gasteiger partial charge in [-0.3, -0.25) is 10.1 Å². The van der Waals surface area contributed by atoms with Gasteiger partial charge in [0.05, 0.1) is 6.61 Å². The molecule has 0 atom stereocenters. The zero-order chi connectivity index (χ0) is 12.4. The third-order valence-electron chi connectivity index (χ3n) is 4.48.